The van der Waals surface area contributed by atoms with Crippen molar-refractivity contribution in [2.24, 2.45) is 0 Å². The maximum atomic E-state index is 13.0. The molecule has 0 atom stereocenters. The molecule has 0 saturated heterocycles. The fourth-order valence-electron chi connectivity index (χ4n) is 3.92. The minimum Gasteiger partial charge on any atom is -0.350 e. The molecule has 1 fully saturated rings. The third kappa shape index (κ3) is 4.46. The smallest absolute Gasteiger partial charge is 0.279 e. The van der Waals surface area contributed by atoms with Crippen molar-refractivity contribution in [3.63, 3.8) is 0 Å². The molecule has 160 valence electrons. The summed E-state index contributed by atoms with van der Waals surface area (Å²) in [5.74, 6) is -1.71. The highest BCUT2D eigenvalue weighted by Crippen LogP contribution is 2.32. The average Bonchev–Trinajstić information content (AvgIpc) is 2.99. The Kier molecular flexibility index (Phi) is 6.04. The SMILES string of the molecule is O=C(Nc1ccc(F)cc1)c1cccc(NC2=C(Cl)C(=O)N(C3CCCCC3)C2=O)c1. The lowest BCUT2D eigenvalue weighted by molar-refractivity contribution is -0.140. The van der Waals surface area contributed by atoms with Gasteiger partial charge in [0.1, 0.15) is 16.5 Å². The van der Waals surface area contributed by atoms with Gasteiger partial charge in [-0.05, 0) is 55.3 Å². The van der Waals surface area contributed by atoms with Crippen LogP contribution in [-0.4, -0.2) is 28.7 Å². The predicted octanol–water partition coefficient (Wildman–Crippen LogP) is 4.64. The Morgan fingerprint density at radius 1 is 0.968 bits per heavy atom. The van der Waals surface area contributed by atoms with Crippen LogP contribution in [0.3, 0.4) is 0 Å². The molecule has 31 heavy (non-hydrogen) atoms. The van der Waals surface area contributed by atoms with Gasteiger partial charge in [-0.3, -0.25) is 19.3 Å². The number of carbonyl (C=O) groups is 3. The van der Waals surface area contributed by atoms with Gasteiger partial charge in [0.2, 0.25) is 0 Å². The maximum absolute atomic E-state index is 13.0. The van der Waals surface area contributed by atoms with Gasteiger partial charge in [0.05, 0.1) is 0 Å². The molecule has 2 aromatic carbocycles. The second-order valence-corrected chi connectivity index (χ2v) is 8.01. The summed E-state index contributed by atoms with van der Waals surface area (Å²) in [6.45, 7) is 0. The fourth-order valence-corrected chi connectivity index (χ4v) is 4.14. The molecule has 1 heterocycles. The number of halogens is 2. The van der Waals surface area contributed by atoms with E-state index in [1.54, 1.807) is 24.3 Å². The Morgan fingerprint density at radius 3 is 2.39 bits per heavy atom. The Balaban J connectivity index is 1.49. The third-order valence-corrected chi connectivity index (χ3v) is 5.85. The summed E-state index contributed by atoms with van der Waals surface area (Å²) >= 11 is 6.21. The van der Waals surface area contributed by atoms with Gasteiger partial charge in [0.15, 0.2) is 0 Å². The molecule has 2 aromatic rings. The Labute approximate surface area is 184 Å². The standard InChI is InChI=1S/C23H21ClFN3O3/c24-19-20(23(31)28(22(19)30)18-7-2-1-3-8-18)26-17-6-4-5-14(13-17)21(29)27-16-11-9-15(25)10-12-16/h4-6,9-13,18,26H,1-3,7-8H2,(H,27,29). The molecular weight excluding hydrogens is 421 g/mol. The molecule has 1 aliphatic heterocycles. The first kappa shape index (κ1) is 21.1. The van der Waals surface area contributed by atoms with Gasteiger partial charge >= 0.3 is 0 Å². The summed E-state index contributed by atoms with van der Waals surface area (Å²) in [4.78, 5) is 39.3. The number of rotatable bonds is 5. The van der Waals surface area contributed by atoms with Crippen molar-refractivity contribution >= 4 is 40.7 Å². The molecule has 0 bridgehead atoms. The van der Waals surface area contributed by atoms with Crippen LogP contribution in [0.15, 0.2) is 59.3 Å². The molecule has 2 N–H and O–H groups in total. The quantitative estimate of drug-likeness (QED) is 0.662. The maximum Gasteiger partial charge on any atom is 0.279 e. The van der Waals surface area contributed by atoms with Gasteiger partial charge in [0.25, 0.3) is 17.7 Å². The van der Waals surface area contributed by atoms with Crippen molar-refractivity contribution in [1.82, 2.24) is 4.90 Å². The molecule has 3 amide bonds. The summed E-state index contributed by atoms with van der Waals surface area (Å²) in [5.41, 5.74) is 1.25. The molecule has 1 aliphatic carbocycles. The van der Waals surface area contributed by atoms with E-state index in [2.05, 4.69) is 10.6 Å². The monoisotopic (exact) mass is 441 g/mol. The molecule has 0 spiro atoms. The van der Waals surface area contributed by atoms with Gasteiger partial charge in [-0.2, -0.15) is 0 Å². The van der Waals surface area contributed by atoms with Crippen LogP contribution in [0, 0.1) is 5.82 Å². The number of benzene rings is 2. The highest BCUT2D eigenvalue weighted by atomic mass is 35.5. The number of imide groups is 1. The fraction of sp³-hybridized carbons (Fsp3) is 0.261. The van der Waals surface area contributed by atoms with Gasteiger partial charge in [0, 0.05) is 23.0 Å². The number of nitrogens with zero attached hydrogens (tertiary/aromatic N) is 1. The lowest BCUT2D eigenvalue weighted by Gasteiger charge is -2.29. The number of anilines is 2. The van der Waals surface area contributed by atoms with Crippen molar-refractivity contribution < 1.29 is 18.8 Å². The van der Waals surface area contributed by atoms with Crippen molar-refractivity contribution in [2.75, 3.05) is 10.6 Å². The van der Waals surface area contributed by atoms with E-state index in [4.69, 9.17) is 11.6 Å². The van der Waals surface area contributed by atoms with E-state index < -0.39 is 23.5 Å². The van der Waals surface area contributed by atoms with Crippen molar-refractivity contribution in [3.05, 3.63) is 70.6 Å². The zero-order valence-corrected chi connectivity index (χ0v) is 17.4. The average molecular weight is 442 g/mol. The molecule has 0 aromatic heterocycles. The van der Waals surface area contributed by atoms with E-state index in [1.165, 1.54) is 29.2 Å². The van der Waals surface area contributed by atoms with Gasteiger partial charge in [-0.1, -0.05) is 36.9 Å². The normalized spacial score (nSPS) is 17.3. The lowest BCUT2D eigenvalue weighted by atomic mass is 9.94. The number of hydrogen-bond acceptors (Lipinski definition) is 4. The summed E-state index contributed by atoms with van der Waals surface area (Å²) in [5, 5.41) is 5.45. The largest absolute Gasteiger partial charge is 0.350 e. The molecule has 1 saturated carbocycles. The van der Waals surface area contributed by atoms with Crippen LogP contribution in [0.4, 0.5) is 15.8 Å². The van der Waals surface area contributed by atoms with Gasteiger partial charge in [-0.25, -0.2) is 4.39 Å². The zero-order valence-electron chi connectivity index (χ0n) is 16.7. The van der Waals surface area contributed by atoms with E-state index in [9.17, 15) is 18.8 Å². The Hall–Kier alpha value is -3.19. The molecule has 2 aliphatic rings. The summed E-state index contributed by atoms with van der Waals surface area (Å²) in [6, 6.07) is 11.8. The van der Waals surface area contributed by atoms with Crippen LogP contribution in [-0.2, 0) is 9.59 Å². The van der Waals surface area contributed by atoms with Crippen LogP contribution in [0.25, 0.3) is 0 Å². The molecule has 8 heteroatoms. The van der Waals surface area contributed by atoms with Gasteiger partial charge < -0.3 is 10.6 Å². The number of nitrogens with one attached hydrogen (secondary N) is 2. The Morgan fingerprint density at radius 2 is 1.68 bits per heavy atom. The molecule has 6 nitrogen and oxygen atoms in total. The van der Waals surface area contributed by atoms with Crippen molar-refractivity contribution in [1.29, 1.82) is 0 Å². The first-order valence-corrected chi connectivity index (χ1v) is 10.5. The van der Waals surface area contributed by atoms with Crippen LogP contribution in [0.5, 0.6) is 0 Å². The van der Waals surface area contributed by atoms with Crippen LogP contribution >= 0.6 is 11.6 Å². The second-order valence-electron chi connectivity index (χ2n) is 7.63. The Bertz CT molecular complexity index is 1060. The summed E-state index contributed by atoms with van der Waals surface area (Å²) < 4.78 is 13.0. The highest BCUT2D eigenvalue weighted by Gasteiger charge is 2.42. The van der Waals surface area contributed by atoms with E-state index in [0.29, 0.717) is 16.9 Å². The van der Waals surface area contributed by atoms with Crippen LogP contribution in [0.1, 0.15) is 42.5 Å². The van der Waals surface area contributed by atoms with Crippen molar-refractivity contribution in [3.8, 4) is 0 Å². The topological polar surface area (TPSA) is 78.5 Å². The van der Waals surface area contributed by atoms with E-state index >= 15 is 0 Å². The van der Waals surface area contributed by atoms with Gasteiger partial charge in [-0.15, -0.1) is 0 Å². The summed E-state index contributed by atoms with van der Waals surface area (Å²) in [7, 11) is 0. The number of carbonyl (C=O) groups excluding carboxylic acids is 3. The van der Waals surface area contributed by atoms with E-state index in [1.807, 2.05) is 0 Å². The first-order valence-electron chi connectivity index (χ1n) is 10.2. The second kappa shape index (κ2) is 8.89. The first-order chi connectivity index (χ1) is 14.9. The molecular formula is C23H21ClFN3O3. The van der Waals surface area contributed by atoms with Crippen LogP contribution in [0.2, 0.25) is 0 Å². The van der Waals surface area contributed by atoms with E-state index in [0.717, 1.165) is 32.1 Å². The van der Waals surface area contributed by atoms with Crippen LogP contribution < -0.4 is 10.6 Å². The minimum absolute atomic E-state index is 0.0216. The zero-order chi connectivity index (χ0) is 22.0. The van der Waals surface area contributed by atoms with E-state index in [-0.39, 0.29) is 16.8 Å². The predicted molar refractivity (Wildman–Crippen MR) is 116 cm³/mol. The number of hydrogen-bond donors (Lipinski definition) is 2. The third-order valence-electron chi connectivity index (χ3n) is 5.49. The molecule has 0 radical (unpaired) electrons. The molecule has 0 unspecified atom stereocenters. The molecule has 4 rings (SSSR count). The minimum atomic E-state index is -0.480. The highest BCUT2D eigenvalue weighted by molar-refractivity contribution is 6.48. The van der Waals surface area contributed by atoms with Crippen molar-refractivity contribution in [2.45, 2.75) is 38.1 Å². The lowest BCUT2D eigenvalue weighted by Crippen LogP contribution is -2.42. The summed E-state index contributed by atoms with van der Waals surface area (Å²) in [6.07, 6.45) is 4.63. The number of amides is 3.